The van der Waals surface area contributed by atoms with Crippen molar-refractivity contribution in [3.63, 3.8) is 0 Å². The summed E-state index contributed by atoms with van der Waals surface area (Å²) >= 11 is 0.833. The van der Waals surface area contributed by atoms with Gasteiger partial charge in [-0.15, -0.1) is 0 Å². The molecular weight excluding hydrogens is 374 g/mol. The Morgan fingerprint density at radius 2 is 1.96 bits per heavy atom. The second-order valence-electron chi connectivity index (χ2n) is 6.35. The number of para-hydroxylation sites is 1. The highest BCUT2D eigenvalue weighted by atomic mass is 32.2. The maximum Gasteiger partial charge on any atom is 0.341 e. The van der Waals surface area contributed by atoms with Gasteiger partial charge in [-0.3, -0.25) is 4.79 Å². The van der Waals surface area contributed by atoms with Crippen molar-refractivity contribution < 1.29 is 18.7 Å². The third-order valence-corrected chi connectivity index (χ3v) is 5.64. The first-order valence-corrected chi connectivity index (χ1v) is 9.02. The van der Waals surface area contributed by atoms with E-state index in [0.717, 1.165) is 36.9 Å². The zero-order valence-electron chi connectivity index (χ0n) is 13.9. The number of fused-ring (bicyclic) bond motifs is 1. The van der Waals surface area contributed by atoms with Crippen LogP contribution in [0.3, 0.4) is 0 Å². The van der Waals surface area contributed by atoms with Crippen molar-refractivity contribution in [3.05, 3.63) is 63.9 Å². The molecule has 0 unspecified atom stereocenters. The van der Waals surface area contributed by atoms with Gasteiger partial charge >= 0.3 is 5.97 Å². The van der Waals surface area contributed by atoms with E-state index in [1.54, 1.807) is 24.3 Å². The number of nitrogen functional groups attached to an aromatic ring is 1. The molecule has 1 aromatic heterocycles. The minimum absolute atomic E-state index is 0.0779. The Balaban J connectivity index is 1.99. The number of rotatable bonds is 4. The van der Waals surface area contributed by atoms with Crippen LogP contribution in [0.5, 0.6) is 0 Å². The van der Waals surface area contributed by atoms with Gasteiger partial charge in [0, 0.05) is 22.8 Å². The number of halogens is 2. The summed E-state index contributed by atoms with van der Waals surface area (Å²) in [5, 5.41) is 8.98. The summed E-state index contributed by atoms with van der Waals surface area (Å²) in [6.07, 6.45) is 2.63. The predicted octanol–water partition coefficient (Wildman–Crippen LogP) is 4.05. The largest absolute Gasteiger partial charge is 0.477 e. The third kappa shape index (κ3) is 2.95. The minimum atomic E-state index is -1.42. The number of benzene rings is 2. The monoisotopic (exact) mass is 388 g/mol. The Kier molecular flexibility index (Phi) is 4.15. The SMILES string of the molecule is Nc1ccccc1Sc1c(F)cc2c(=O)c(C(=O)O)cn(C3CC3)c2c1F. The Bertz CT molecular complexity index is 1160. The van der Waals surface area contributed by atoms with Crippen LogP contribution in [0.1, 0.15) is 29.2 Å². The van der Waals surface area contributed by atoms with Crippen molar-refractivity contribution in [1.82, 2.24) is 4.57 Å². The zero-order valence-corrected chi connectivity index (χ0v) is 14.7. The molecule has 3 aromatic rings. The third-order valence-electron chi connectivity index (χ3n) is 4.47. The second kappa shape index (κ2) is 6.38. The second-order valence-corrected chi connectivity index (χ2v) is 7.41. The van der Waals surface area contributed by atoms with Gasteiger partial charge in [-0.05, 0) is 31.0 Å². The van der Waals surface area contributed by atoms with Crippen molar-refractivity contribution >= 4 is 34.3 Å². The van der Waals surface area contributed by atoms with Crippen LogP contribution < -0.4 is 11.2 Å². The van der Waals surface area contributed by atoms with Crippen LogP contribution in [0.25, 0.3) is 10.9 Å². The summed E-state index contributed by atoms with van der Waals surface area (Å²) in [4.78, 5) is 24.0. The summed E-state index contributed by atoms with van der Waals surface area (Å²) in [5.41, 5.74) is 4.76. The zero-order chi connectivity index (χ0) is 19.3. The maximum absolute atomic E-state index is 15.3. The van der Waals surface area contributed by atoms with Gasteiger partial charge < -0.3 is 15.4 Å². The molecule has 0 atom stereocenters. The summed E-state index contributed by atoms with van der Waals surface area (Å²) in [7, 11) is 0. The quantitative estimate of drug-likeness (QED) is 0.659. The fraction of sp³-hybridized carbons (Fsp3) is 0.158. The summed E-state index contributed by atoms with van der Waals surface area (Å²) < 4.78 is 31.4. The summed E-state index contributed by atoms with van der Waals surface area (Å²) in [6.45, 7) is 0. The van der Waals surface area contributed by atoms with Crippen molar-refractivity contribution in [3.8, 4) is 0 Å². The van der Waals surface area contributed by atoms with E-state index in [1.165, 1.54) is 4.57 Å². The van der Waals surface area contributed by atoms with E-state index in [2.05, 4.69) is 0 Å². The van der Waals surface area contributed by atoms with Crippen LogP contribution in [-0.2, 0) is 0 Å². The van der Waals surface area contributed by atoms with E-state index in [9.17, 15) is 19.1 Å². The van der Waals surface area contributed by atoms with E-state index < -0.39 is 28.6 Å². The number of pyridine rings is 1. The smallest absolute Gasteiger partial charge is 0.341 e. The molecule has 1 fully saturated rings. The highest BCUT2D eigenvalue weighted by molar-refractivity contribution is 7.99. The van der Waals surface area contributed by atoms with Gasteiger partial charge in [-0.1, -0.05) is 23.9 Å². The number of nitrogens with two attached hydrogens (primary N) is 1. The number of carbonyl (C=O) groups is 1. The van der Waals surface area contributed by atoms with Crippen molar-refractivity contribution in [2.45, 2.75) is 28.7 Å². The molecule has 0 radical (unpaired) electrons. The van der Waals surface area contributed by atoms with Gasteiger partial charge in [0.25, 0.3) is 0 Å². The first kappa shape index (κ1) is 17.5. The van der Waals surface area contributed by atoms with Gasteiger partial charge in [-0.25, -0.2) is 13.6 Å². The molecular formula is C19H14F2N2O3S. The molecule has 2 aromatic carbocycles. The number of anilines is 1. The molecule has 0 aliphatic heterocycles. The van der Waals surface area contributed by atoms with E-state index in [-0.39, 0.29) is 21.8 Å². The van der Waals surface area contributed by atoms with Crippen LogP contribution in [0, 0.1) is 11.6 Å². The molecule has 1 saturated carbocycles. The van der Waals surface area contributed by atoms with E-state index in [4.69, 9.17) is 5.73 Å². The number of nitrogens with zero attached hydrogens (tertiary/aromatic N) is 1. The standard InChI is InChI=1S/C19H14F2N2O3S/c20-12-7-10-16(15(21)18(12)27-14-4-2-1-3-13(14)22)23(9-5-6-9)8-11(17(10)24)19(25)26/h1-4,7-9H,5-6,22H2,(H,25,26). The summed E-state index contributed by atoms with van der Waals surface area (Å²) in [6, 6.07) is 7.49. The molecule has 4 rings (SSSR count). The molecule has 0 amide bonds. The fourth-order valence-corrected chi connectivity index (χ4v) is 3.89. The highest BCUT2D eigenvalue weighted by Gasteiger charge is 2.30. The topological polar surface area (TPSA) is 85.3 Å². The molecule has 1 heterocycles. The number of hydrogen-bond acceptors (Lipinski definition) is 4. The van der Waals surface area contributed by atoms with Crippen LogP contribution in [0.15, 0.2) is 51.1 Å². The Hall–Kier alpha value is -2.87. The normalized spacial score (nSPS) is 13.9. The van der Waals surface area contributed by atoms with Crippen LogP contribution in [0.2, 0.25) is 0 Å². The van der Waals surface area contributed by atoms with E-state index in [1.807, 2.05) is 0 Å². The van der Waals surface area contributed by atoms with Crippen LogP contribution in [-0.4, -0.2) is 15.6 Å². The van der Waals surface area contributed by atoms with Gasteiger partial charge in [-0.2, -0.15) is 0 Å². The lowest BCUT2D eigenvalue weighted by molar-refractivity contribution is 0.0694. The molecule has 1 aliphatic rings. The number of carboxylic acids is 1. The molecule has 0 spiro atoms. The first-order valence-electron chi connectivity index (χ1n) is 8.21. The average Bonchev–Trinajstić information content (AvgIpc) is 3.45. The molecule has 3 N–H and O–H groups in total. The Morgan fingerprint density at radius 1 is 1.26 bits per heavy atom. The van der Waals surface area contributed by atoms with Gasteiger partial charge in [0.15, 0.2) is 5.82 Å². The van der Waals surface area contributed by atoms with Gasteiger partial charge in [0.1, 0.15) is 11.4 Å². The highest BCUT2D eigenvalue weighted by Crippen LogP contribution is 2.41. The van der Waals surface area contributed by atoms with E-state index >= 15 is 4.39 Å². The van der Waals surface area contributed by atoms with Crippen molar-refractivity contribution in [2.75, 3.05) is 5.73 Å². The maximum atomic E-state index is 15.3. The average molecular weight is 388 g/mol. The lowest BCUT2D eigenvalue weighted by atomic mass is 10.1. The molecule has 27 heavy (non-hydrogen) atoms. The van der Waals surface area contributed by atoms with Crippen molar-refractivity contribution in [1.29, 1.82) is 0 Å². The minimum Gasteiger partial charge on any atom is -0.477 e. The van der Waals surface area contributed by atoms with Gasteiger partial charge in [0.2, 0.25) is 5.43 Å². The molecule has 0 saturated heterocycles. The number of carboxylic acid groups (broad SMARTS) is 1. The van der Waals surface area contributed by atoms with E-state index in [0.29, 0.717) is 10.6 Å². The fourth-order valence-electron chi connectivity index (χ4n) is 2.99. The molecule has 138 valence electrons. The lowest BCUT2D eigenvalue weighted by Crippen LogP contribution is -2.20. The lowest BCUT2D eigenvalue weighted by Gasteiger charge is -2.15. The molecule has 0 bridgehead atoms. The van der Waals surface area contributed by atoms with Crippen LogP contribution >= 0.6 is 11.8 Å². The van der Waals surface area contributed by atoms with Crippen molar-refractivity contribution in [2.24, 2.45) is 0 Å². The number of aromatic carboxylic acids is 1. The molecule has 5 nitrogen and oxygen atoms in total. The summed E-state index contributed by atoms with van der Waals surface area (Å²) in [5.74, 6) is -3.25. The molecule has 8 heteroatoms. The van der Waals surface area contributed by atoms with Crippen LogP contribution in [0.4, 0.5) is 14.5 Å². The Morgan fingerprint density at radius 3 is 2.59 bits per heavy atom. The predicted molar refractivity (Wildman–Crippen MR) is 98.3 cm³/mol. The first-order chi connectivity index (χ1) is 12.9. The number of aromatic nitrogens is 1. The Labute approximate surface area is 156 Å². The van der Waals surface area contributed by atoms with Gasteiger partial charge in [0.05, 0.1) is 15.8 Å². The number of hydrogen-bond donors (Lipinski definition) is 2. The molecule has 1 aliphatic carbocycles.